The fraction of sp³-hybridized carbons (Fsp3) is 0.750. The Kier molecular flexibility index (Phi) is 6.47. The molecule has 6 nitrogen and oxygen atoms in total. The van der Waals surface area contributed by atoms with Crippen LogP contribution in [0.4, 0.5) is 0 Å². The van der Waals surface area contributed by atoms with Gasteiger partial charge in [-0.1, -0.05) is 6.92 Å². The molecule has 0 aliphatic rings. The summed E-state index contributed by atoms with van der Waals surface area (Å²) >= 11 is 0. The molecule has 0 aromatic rings. The molecule has 14 heavy (non-hydrogen) atoms. The van der Waals surface area contributed by atoms with Crippen molar-refractivity contribution in [3.05, 3.63) is 0 Å². The van der Waals surface area contributed by atoms with E-state index in [-0.39, 0.29) is 24.5 Å². The number of likely N-dealkylation sites (N-methyl/N-ethyl adjacent to an activating group) is 1. The van der Waals surface area contributed by atoms with Gasteiger partial charge in [0.25, 0.3) is 0 Å². The van der Waals surface area contributed by atoms with Crippen molar-refractivity contribution in [1.82, 2.24) is 16.0 Å². The molecule has 0 saturated heterocycles. The summed E-state index contributed by atoms with van der Waals surface area (Å²) in [6.45, 7) is 2.79. The summed E-state index contributed by atoms with van der Waals surface area (Å²) in [7, 11) is 1.84. The lowest BCUT2D eigenvalue weighted by Gasteiger charge is -2.16. The van der Waals surface area contributed by atoms with E-state index in [2.05, 4.69) is 16.0 Å². The van der Waals surface area contributed by atoms with Crippen LogP contribution >= 0.6 is 0 Å². The third-order valence-electron chi connectivity index (χ3n) is 1.75. The molecule has 0 unspecified atom stereocenters. The molecule has 0 fully saturated rings. The third kappa shape index (κ3) is 6.24. The highest BCUT2D eigenvalue weighted by molar-refractivity contribution is 5.84. The number of carbonyl (C=O) groups is 1. The molecule has 6 heteroatoms. The van der Waals surface area contributed by atoms with E-state index in [4.69, 9.17) is 11.1 Å². The SMILES string of the molecule is CC[C@@H](CNC)NC(=O)CNC(=N)N. The second-order valence-electron chi connectivity index (χ2n) is 3.00. The van der Waals surface area contributed by atoms with Crippen LogP contribution in [0.25, 0.3) is 0 Å². The molecule has 0 aromatic carbocycles. The maximum Gasteiger partial charge on any atom is 0.239 e. The fourth-order valence-corrected chi connectivity index (χ4v) is 0.998. The Labute approximate surface area is 84.1 Å². The second kappa shape index (κ2) is 7.14. The van der Waals surface area contributed by atoms with Crippen molar-refractivity contribution in [1.29, 1.82) is 5.41 Å². The molecular formula is C8H19N5O. The van der Waals surface area contributed by atoms with Gasteiger partial charge >= 0.3 is 0 Å². The number of nitrogens with two attached hydrogens (primary N) is 1. The average Bonchev–Trinajstić information content (AvgIpc) is 2.14. The Morgan fingerprint density at radius 1 is 1.57 bits per heavy atom. The molecular weight excluding hydrogens is 182 g/mol. The third-order valence-corrected chi connectivity index (χ3v) is 1.75. The predicted molar refractivity (Wildman–Crippen MR) is 56.1 cm³/mol. The number of hydrogen-bond acceptors (Lipinski definition) is 3. The van der Waals surface area contributed by atoms with Crippen molar-refractivity contribution in [2.75, 3.05) is 20.1 Å². The second-order valence-corrected chi connectivity index (χ2v) is 3.00. The predicted octanol–water partition coefficient (Wildman–Crippen LogP) is -1.42. The Morgan fingerprint density at radius 3 is 2.64 bits per heavy atom. The zero-order chi connectivity index (χ0) is 11.0. The Hall–Kier alpha value is -1.30. The smallest absolute Gasteiger partial charge is 0.239 e. The topological polar surface area (TPSA) is 103 Å². The standard InChI is InChI=1S/C8H19N5O/c1-3-6(4-11-2)13-7(14)5-12-8(9)10/h6,11H,3-5H2,1-2H3,(H,13,14)(H4,9,10,12)/t6-/m0/s1. The first-order chi connectivity index (χ1) is 6.60. The Bertz CT molecular complexity index is 194. The number of nitrogens with one attached hydrogen (secondary N) is 4. The molecule has 0 aromatic heterocycles. The van der Waals surface area contributed by atoms with Crippen molar-refractivity contribution in [2.45, 2.75) is 19.4 Å². The van der Waals surface area contributed by atoms with Gasteiger partial charge in [0.15, 0.2) is 5.96 Å². The highest BCUT2D eigenvalue weighted by Crippen LogP contribution is 1.87. The first kappa shape index (κ1) is 12.7. The Morgan fingerprint density at radius 2 is 2.21 bits per heavy atom. The van der Waals surface area contributed by atoms with Crippen molar-refractivity contribution < 1.29 is 4.79 Å². The lowest BCUT2D eigenvalue weighted by Crippen LogP contribution is -2.46. The monoisotopic (exact) mass is 201 g/mol. The largest absolute Gasteiger partial charge is 0.370 e. The van der Waals surface area contributed by atoms with E-state index in [9.17, 15) is 4.79 Å². The number of hydrogen-bond donors (Lipinski definition) is 5. The molecule has 1 amide bonds. The Balaban J connectivity index is 3.72. The van der Waals surface area contributed by atoms with Crippen molar-refractivity contribution >= 4 is 11.9 Å². The van der Waals surface area contributed by atoms with Crippen LogP contribution in [0.15, 0.2) is 0 Å². The summed E-state index contributed by atoms with van der Waals surface area (Å²) in [6.07, 6.45) is 0.868. The molecule has 0 aliphatic carbocycles. The summed E-state index contributed by atoms with van der Waals surface area (Å²) in [6, 6.07) is 0.126. The van der Waals surface area contributed by atoms with E-state index in [0.717, 1.165) is 13.0 Å². The van der Waals surface area contributed by atoms with Crippen molar-refractivity contribution in [3.63, 3.8) is 0 Å². The van der Waals surface area contributed by atoms with Crippen molar-refractivity contribution in [3.8, 4) is 0 Å². The zero-order valence-corrected chi connectivity index (χ0v) is 8.68. The van der Waals surface area contributed by atoms with Gasteiger partial charge in [0.05, 0.1) is 6.54 Å². The molecule has 82 valence electrons. The summed E-state index contributed by atoms with van der Waals surface area (Å²) < 4.78 is 0. The van der Waals surface area contributed by atoms with Crippen LogP contribution in [0.3, 0.4) is 0 Å². The molecule has 0 saturated carbocycles. The molecule has 1 atom stereocenters. The van der Waals surface area contributed by atoms with Gasteiger partial charge < -0.3 is 21.7 Å². The highest BCUT2D eigenvalue weighted by atomic mass is 16.2. The molecule has 0 rings (SSSR count). The van der Waals surface area contributed by atoms with Crippen LogP contribution in [0, 0.1) is 5.41 Å². The number of guanidine groups is 1. The molecule has 0 heterocycles. The van der Waals surface area contributed by atoms with Crippen LogP contribution in [0.1, 0.15) is 13.3 Å². The average molecular weight is 201 g/mol. The van der Waals surface area contributed by atoms with Crippen LogP contribution in [-0.2, 0) is 4.79 Å². The minimum Gasteiger partial charge on any atom is -0.370 e. The zero-order valence-electron chi connectivity index (χ0n) is 8.68. The van der Waals surface area contributed by atoms with E-state index in [1.807, 2.05) is 14.0 Å². The normalized spacial score (nSPS) is 11.9. The maximum atomic E-state index is 11.2. The quantitative estimate of drug-likeness (QED) is 0.269. The molecule has 0 bridgehead atoms. The van der Waals surface area contributed by atoms with Crippen LogP contribution < -0.4 is 21.7 Å². The van der Waals surface area contributed by atoms with Gasteiger partial charge in [-0.25, -0.2) is 0 Å². The fourth-order valence-electron chi connectivity index (χ4n) is 0.998. The number of amides is 1. The van der Waals surface area contributed by atoms with E-state index in [0.29, 0.717) is 0 Å². The van der Waals surface area contributed by atoms with Crippen molar-refractivity contribution in [2.24, 2.45) is 5.73 Å². The lowest BCUT2D eigenvalue weighted by molar-refractivity contribution is -0.120. The summed E-state index contributed by atoms with van der Waals surface area (Å²) in [4.78, 5) is 11.2. The van der Waals surface area contributed by atoms with Gasteiger partial charge in [-0.15, -0.1) is 0 Å². The summed E-state index contributed by atoms with van der Waals surface area (Å²) in [5, 5.41) is 15.1. The first-order valence-corrected chi connectivity index (χ1v) is 4.62. The lowest BCUT2D eigenvalue weighted by atomic mass is 10.2. The van der Waals surface area contributed by atoms with Crippen LogP contribution in [0.5, 0.6) is 0 Å². The minimum atomic E-state index is -0.193. The summed E-state index contributed by atoms with van der Waals surface area (Å²) in [5.41, 5.74) is 5.04. The first-order valence-electron chi connectivity index (χ1n) is 4.62. The summed E-state index contributed by atoms with van der Waals surface area (Å²) in [5.74, 6) is -0.343. The van der Waals surface area contributed by atoms with E-state index in [1.165, 1.54) is 0 Å². The minimum absolute atomic E-state index is 0.0511. The molecule has 0 aliphatic heterocycles. The van der Waals surface area contributed by atoms with Crippen LogP contribution in [0.2, 0.25) is 0 Å². The number of rotatable bonds is 6. The van der Waals surface area contributed by atoms with Gasteiger partial charge in [0, 0.05) is 12.6 Å². The van der Waals surface area contributed by atoms with Gasteiger partial charge in [-0.05, 0) is 13.5 Å². The van der Waals surface area contributed by atoms with Crippen LogP contribution in [-0.4, -0.2) is 38.0 Å². The maximum absolute atomic E-state index is 11.2. The number of carbonyl (C=O) groups excluding carboxylic acids is 1. The van der Waals surface area contributed by atoms with Gasteiger partial charge in [0.1, 0.15) is 0 Å². The van der Waals surface area contributed by atoms with Gasteiger partial charge in [-0.3, -0.25) is 10.2 Å². The van der Waals surface area contributed by atoms with Gasteiger partial charge in [-0.2, -0.15) is 0 Å². The van der Waals surface area contributed by atoms with E-state index >= 15 is 0 Å². The molecule has 6 N–H and O–H groups in total. The van der Waals surface area contributed by atoms with E-state index in [1.54, 1.807) is 0 Å². The highest BCUT2D eigenvalue weighted by Gasteiger charge is 2.08. The molecule has 0 radical (unpaired) electrons. The van der Waals surface area contributed by atoms with Gasteiger partial charge in [0.2, 0.25) is 5.91 Å². The molecule has 0 spiro atoms. The van der Waals surface area contributed by atoms with E-state index < -0.39 is 0 Å².